The number of ether oxygens (including phenoxy) is 1. The SMILES string of the molecule is COc1ccc(Cl)cc1-c1ccnc(N)c1. The largest absolute Gasteiger partial charge is 0.496 e. The molecule has 0 aliphatic carbocycles. The Bertz CT molecular complexity index is 514. The minimum atomic E-state index is 0.472. The minimum Gasteiger partial charge on any atom is -0.496 e. The van der Waals surface area contributed by atoms with Crippen molar-refractivity contribution in [1.29, 1.82) is 0 Å². The van der Waals surface area contributed by atoms with Crippen LogP contribution in [0.2, 0.25) is 5.02 Å². The first kappa shape index (κ1) is 10.8. The van der Waals surface area contributed by atoms with Crippen LogP contribution in [0.3, 0.4) is 0 Å². The van der Waals surface area contributed by atoms with Gasteiger partial charge in [-0.1, -0.05) is 11.6 Å². The molecule has 0 fully saturated rings. The summed E-state index contributed by atoms with van der Waals surface area (Å²) in [7, 11) is 1.62. The molecule has 1 aromatic carbocycles. The normalized spacial score (nSPS) is 10.1. The number of hydrogen-bond acceptors (Lipinski definition) is 3. The summed E-state index contributed by atoms with van der Waals surface area (Å²) in [5.74, 6) is 1.23. The number of aromatic nitrogens is 1. The molecule has 0 unspecified atom stereocenters. The van der Waals surface area contributed by atoms with Crippen molar-refractivity contribution in [3.63, 3.8) is 0 Å². The van der Waals surface area contributed by atoms with Crippen LogP contribution in [0.25, 0.3) is 11.1 Å². The molecule has 1 aromatic heterocycles. The molecule has 0 spiro atoms. The smallest absolute Gasteiger partial charge is 0.126 e. The minimum absolute atomic E-state index is 0.472. The number of nitrogen functional groups attached to an aromatic ring is 1. The number of methoxy groups -OCH3 is 1. The van der Waals surface area contributed by atoms with Gasteiger partial charge in [0.2, 0.25) is 0 Å². The zero-order valence-corrected chi connectivity index (χ0v) is 9.53. The average Bonchev–Trinajstić information content (AvgIpc) is 2.29. The van der Waals surface area contributed by atoms with Gasteiger partial charge in [-0.3, -0.25) is 0 Å². The Morgan fingerprint density at radius 2 is 2.06 bits per heavy atom. The highest BCUT2D eigenvalue weighted by atomic mass is 35.5. The topological polar surface area (TPSA) is 48.1 Å². The Hall–Kier alpha value is -1.74. The highest BCUT2D eigenvalue weighted by Gasteiger charge is 2.06. The summed E-state index contributed by atoms with van der Waals surface area (Å²) in [6.07, 6.45) is 1.66. The van der Waals surface area contributed by atoms with Crippen molar-refractivity contribution in [2.75, 3.05) is 12.8 Å². The van der Waals surface area contributed by atoms with E-state index in [2.05, 4.69) is 4.98 Å². The zero-order chi connectivity index (χ0) is 11.5. The van der Waals surface area contributed by atoms with Crippen molar-refractivity contribution < 1.29 is 4.74 Å². The number of anilines is 1. The summed E-state index contributed by atoms with van der Waals surface area (Å²) < 4.78 is 5.27. The number of pyridine rings is 1. The van der Waals surface area contributed by atoms with Crippen LogP contribution in [0.5, 0.6) is 5.75 Å². The predicted octanol–water partition coefficient (Wildman–Crippen LogP) is 2.99. The van der Waals surface area contributed by atoms with Gasteiger partial charge < -0.3 is 10.5 Å². The summed E-state index contributed by atoms with van der Waals surface area (Å²) in [6.45, 7) is 0. The molecule has 0 radical (unpaired) electrons. The van der Waals surface area contributed by atoms with Gasteiger partial charge in [0.1, 0.15) is 11.6 Å². The molecule has 4 heteroatoms. The van der Waals surface area contributed by atoms with E-state index in [0.717, 1.165) is 16.9 Å². The summed E-state index contributed by atoms with van der Waals surface area (Å²) >= 11 is 5.96. The third-order valence-electron chi connectivity index (χ3n) is 2.25. The van der Waals surface area contributed by atoms with Gasteiger partial charge in [0.15, 0.2) is 0 Å². The Labute approximate surface area is 98.8 Å². The van der Waals surface area contributed by atoms with Crippen LogP contribution in [-0.2, 0) is 0 Å². The Balaban J connectivity index is 2.58. The molecule has 0 aliphatic heterocycles. The monoisotopic (exact) mass is 234 g/mol. The number of rotatable bonds is 2. The maximum absolute atomic E-state index is 5.96. The number of halogens is 1. The average molecular weight is 235 g/mol. The Morgan fingerprint density at radius 1 is 1.25 bits per heavy atom. The van der Waals surface area contributed by atoms with E-state index in [1.165, 1.54) is 0 Å². The molecule has 3 nitrogen and oxygen atoms in total. The lowest BCUT2D eigenvalue weighted by molar-refractivity contribution is 0.416. The fourth-order valence-electron chi connectivity index (χ4n) is 1.52. The molecule has 0 aliphatic rings. The van der Waals surface area contributed by atoms with Crippen LogP contribution in [0, 0.1) is 0 Å². The van der Waals surface area contributed by atoms with Gasteiger partial charge in [0.05, 0.1) is 7.11 Å². The fourth-order valence-corrected chi connectivity index (χ4v) is 1.69. The lowest BCUT2D eigenvalue weighted by Gasteiger charge is -2.09. The van der Waals surface area contributed by atoms with Gasteiger partial charge in [-0.15, -0.1) is 0 Å². The third-order valence-corrected chi connectivity index (χ3v) is 2.49. The molecule has 0 bridgehead atoms. The summed E-state index contributed by atoms with van der Waals surface area (Å²) in [5.41, 5.74) is 7.48. The van der Waals surface area contributed by atoms with Crippen molar-refractivity contribution in [3.05, 3.63) is 41.6 Å². The molecule has 16 heavy (non-hydrogen) atoms. The van der Waals surface area contributed by atoms with E-state index in [1.807, 2.05) is 18.2 Å². The van der Waals surface area contributed by atoms with Crippen molar-refractivity contribution in [3.8, 4) is 16.9 Å². The van der Waals surface area contributed by atoms with Crippen molar-refractivity contribution in [2.45, 2.75) is 0 Å². The second-order valence-electron chi connectivity index (χ2n) is 3.31. The van der Waals surface area contributed by atoms with Crippen molar-refractivity contribution >= 4 is 17.4 Å². The Morgan fingerprint density at radius 3 is 2.75 bits per heavy atom. The molecule has 2 aromatic rings. The van der Waals surface area contributed by atoms with E-state index in [1.54, 1.807) is 25.4 Å². The third kappa shape index (κ3) is 2.09. The highest BCUT2D eigenvalue weighted by Crippen LogP contribution is 2.32. The van der Waals surface area contributed by atoms with E-state index >= 15 is 0 Å². The van der Waals surface area contributed by atoms with Gasteiger partial charge in [0, 0.05) is 16.8 Å². The van der Waals surface area contributed by atoms with Crippen molar-refractivity contribution in [1.82, 2.24) is 4.98 Å². The molecule has 2 N–H and O–H groups in total. The highest BCUT2D eigenvalue weighted by molar-refractivity contribution is 6.31. The van der Waals surface area contributed by atoms with Gasteiger partial charge >= 0.3 is 0 Å². The number of hydrogen-bond donors (Lipinski definition) is 1. The number of benzene rings is 1. The molecule has 1 heterocycles. The molecule has 0 saturated heterocycles. The lowest BCUT2D eigenvalue weighted by Crippen LogP contribution is -1.91. The second-order valence-corrected chi connectivity index (χ2v) is 3.75. The lowest BCUT2D eigenvalue weighted by atomic mass is 10.1. The van der Waals surface area contributed by atoms with Gasteiger partial charge in [-0.25, -0.2) is 4.98 Å². The number of nitrogens with zero attached hydrogens (tertiary/aromatic N) is 1. The second kappa shape index (κ2) is 4.41. The predicted molar refractivity (Wildman–Crippen MR) is 65.6 cm³/mol. The zero-order valence-electron chi connectivity index (χ0n) is 8.77. The van der Waals surface area contributed by atoms with E-state index < -0.39 is 0 Å². The van der Waals surface area contributed by atoms with Crippen LogP contribution < -0.4 is 10.5 Å². The molecule has 0 atom stereocenters. The van der Waals surface area contributed by atoms with Crippen LogP contribution >= 0.6 is 11.6 Å². The standard InChI is InChI=1S/C12H11ClN2O/c1-16-11-3-2-9(13)7-10(11)8-4-5-15-12(14)6-8/h2-7H,1H3,(H2,14,15). The van der Waals surface area contributed by atoms with E-state index in [4.69, 9.17) is 22.1 Å². The van der Waals surface area contributed by atoms with Crippen LogP contribution in [0.15, 0.2) is 36.5 Å². The molecule has 82 valence electrons. The van der Waals surface area contributed by atoms with E-state index in [-0.39, 0.29) is 0 Å². The van der Waals surface area contributed by atoms with E-state index in [9.17, 15) is 0 Å². The number of nitrogens with two attached hydrogens (primary N) is 1. The summed E-state index contributed by atoms with van der Waals surface area (Å²) in [5, 5.41) is 0.659. The first-order valence-electron chi connectivity index (χ1n) is 4.76. The van der Waals surface area contributed by atoms with Crippen LogP contribution in [0.4, 0.5) is 5.82 Å². The van der Waals surface area contributed by atoms with Gasteiger partial charge in [-0.2, -0.15) is 0 Å². The Kier molecular flexibility index (Phi) is 2.97. The van der Waals surface area contributed by atoms with Crippen LogP contribution in [0.1, 0.15) is 0 Å². The first-order valence-corrected chi connectivity index (χ1v) is 5.14. The molecule has 0 amide bonds. The maximum Gasteiger partial charge on any atom is 0.126 e. The first-order chi connectivity index (χ1) is 7.70. The van der Waals surface area contributed by atoms with Gasteiger partial charge in [0.25, 0.3) is 0 Å². The van der Waals surface area contributed by atoms with Gasteiger partial charge in [-0.05, 0) is 35.9 Å². The molecule has 0 saturated carbocycles. The molecule has 2 rings (SSSR count). The fraction of sp³-hybridized carbons (Fsp3) is 0.0833. The summed E-state index contributed by atoms with van der Waals surface area (Å²) in [4.78, 5) is 3.95. The summed E-state index contributed by atoms with van der Waals surface area (Å²) in [6, 6.07) is 9.11. The van der Waals surface area contributed by atoms with E-state index in [0.29, 0.717) is 10.8 Å². The quantitative estimate of drug-likeness (QED) is 0.869. The van der Waals surface area contributed by atoms with Crippen LogP contribution in [-0.4, -0.2) is 12.1 Å². The molecular formula is C12H11ClN2O. The molecular weight excluding hydrogens is 224 g/mol. The van der Waals surface area contributed by atoms with Crippen molar-refractivity contribution in [2.24, 2.45) is 0 Å². The maximum atomic E-state index is 5.96.